The third-order valence-electron chi connectivity index (χ3n) is 4.00. The summed E-state index contributed by atoms with van der Waals surface area (Å²) in [4.78, 5) is 13.1. The van der Waals surface area contributed by atoms with Crippen LogP contribution in [0.5, 0.6) is 0 Å². The molecule has 1 aliphatic carbocycles. The second-order valence-electron chi connectivity index (χ2n) is 5.30. The van der Waals surface area contributed by atoms with E-state index < -0.39 is 5.97 Å². The molecule has 0 aliphatic heterocycles. The van der Waals surface area contributed by atoms with Gasteiger partial charge in [0.25, 0.3) is 0 Å². The molecular formula is C14H27NO2. The molecule has 3 heteroatoms. The standard InChI is InChI=1S/C14H27NO2/c1-3-10-15(11-14(16)17)13-7-5-6-12(4-2)8-9-13/h12-13H,3-11H2,1-2H3,(H,16,17). The zero-order valence-electron chi connectivity index (χ0n) is 11.3. The van der Waals surface area contributed by atoms with Crippen LogP contribution in [0.4, 0.5) is 0 Å². The summed E-state index contributed by atoms with van der Waals surface area (Å²) in [6.45, 7) is 5.54. The summed E-state index contributed by atoms with van der Waals surface area (Å²) in [5.74, 6) is 0.183. The van der Waals surface area contributed by atoms with Crippen molar-refractivity contribution < 1.29 is 9.90 Å². The molecule has 100 valence electrons. The first-order valence-corrected chi connectivity index (χ1v) is 7.13. The highest BCUT2D eigenvalue weighted by Crippen LogP contribution is 2.28. The number of carbonyl (C=O) groups is 1. The SMILES string of the molecule is CCCN(CC(=O)O)C1CCCC(CC)CC1. The van der Waals surface area contributed by atoms with E-state index in [0.29, 0.717) is 6.04 Å². The van der Waals surface area contributed by atoms with Crippen molar-refractivity contribution in [2.75, 3.05) is 13.1 Å². The van der Waals surface area contributed by atoms with Crippen LogP contribution in [-0.4, -0.2) is 35.1 Å². The first-order valence-electron chi connectivity index (χ1n) is 7.13. The molecule has 0 aromatic carbocycles. The molecule has 0 radical (unpaired) electrons. The van der Waals surface area contributed by atoms with E-state index in [-0.39, 0.29) is 6.54 Å². The van der Waals surface area contributed by atoms with Gasteiger partial charge in [-0.1, -0.05) is 33.1 Å². The van der Waals surface area contributed by atoms with Crippen LogP contribution in [0.3, 0.4) is 0 Å². The Bertz CT molecular complexity index is 230. The Morgan fingerprint density at radius 1 is 1.24 bits per heavy atom. The van der Waals surface area contributed by atoms with Crippen LogP contribution in [0.15, 0.2) is 0 Å². The van der Waals surface area contributed by atoms with Gasteiger partial charge in [0, 0.05) is 6.04 Å². The summed E-state index contributed by atoms with van der Waals surface area (Å²) in [5.41, 5.74) is 0. The van der Waals surface area contributed by atoms with Crippen LogP contribution < -0.4 is 0 Å². The van der Waals surface area contributed by atoms with E-state index in [2.05, 4.69) is 18.7 Å². The number of carboxylic acids is 1. The van der Waals surface area contributed by atoms with Crippen LogP contribution in [0, 0.1) is 5.92 Å². The topological polar surface area (TPSA) is 40.5 Å². The molecule has 0 aromatic rings. The van der Waals surface area contributed by atoms with Crippen LogP contribution in [0.1, 0.15) is 58.8 Å². The fourth-order valence-corrected chi connectivity index (χ4v) is 2.98. The Hall–Kier alpha value is -0.570. The van der Waals surface area contributed by atoms with Crippen molar-refractivity contribution in [2.45, 2.75) is 64.8 Å². The molecule has 3 nitrogen and oxygen atoms in total. The Morgan fingerprint density at radius 3 is 2.59 bits per heavy atom. The highest BCUT2D eigenvalue weighted by molar-refractivity contribution is 5.69. The van der Waals surface area contributed by atoms with Crippen molar-refractivity contribution in [3.8, 4) is 0 Å². The van der Waals surface area contributed by atoms with Gasteiger partial charge >= 0.3 is 5.97 Å². The third kappa shape index (κ3) is 5.07. The molecule has 0 spiro atoms. The second-order valence-corrected chi connectivity index (χ2v) is 5.30. The van der Waals surface area contributed by atoms with Gasteiger partial charge in [0.15, 0.2) is 0 Å². The monoisotopic (exact) mass is 241 g/mol. The molecule has 1 N–H and O–H groups in total. The first kappa shape index (κ1) is 14.5. The molecule has 2 atom stereocenters. The Morgan fingerprint density at radius 2 is 2.00 bits per heavy atom. The second kappa shape index (κ2) is 7.70. The predicted molar refractivity (Wildman–Crippen MR) is 70.2 cm³/mol. The predicted octanol–water partition coefficient (Wildman–Crippen LogP) is 3.14. The van der Waals surface area contributed by atoms with Gasteiger partial charge in [-0.15, -0.1) is 0 Å². The van der Waals surface area contributed by atoms with Crippen molar-refractivity contribution in [1.29, 1.82) is 0 Å². The van der Waals surface area contributed by atoms with Gasteiger partial charge < -0.3 is 5.11 Å². The molecule has 0 heterocycles. The summed E-state index contributed by atoms with van der Waals surface area (Å²) in [6.07, 6.45) is 8.57. The first-order chi connectivity index (χ1) is 8.17. The lowest BCUT2D eigenvalue weighted by molar-refractivity contribution is -0.139. The summed E-state index contributed by atoms with van der Waals surface area (Å²) in [5, 5.41) is 8.97. The van der Waals surface area contributed by atoms with E-state index in [1.165, 1.54) is 38.5 Å². The minimum atomic E-state index is -0.685. The smallest absolute Gasteiger partial charge is 0.317 e. The minimum absolute atomic E-state index is 0.218. The van der Waals surface area contributed by atoms with E-state index in [1.54, 1.807) is 0 Å². The minimum Gasteiger partial charge on any atom is -0.480 e. The largest absolute Gasteiger partial charge is 0.480 e. The van der Waals surface area contributed by atoms with E-state index in [9.17, 15) is 4.79 Å². The number of carboxylic acid groups (broad SMARTS) is 1. The van der Waals surface area contributed by atoms with Gasteiger partial charge in [-0.25, -0.2) is 0 Å². The molecule has 17 heavy (non-hydrogen) atoms. The lowest BCUT2D eigenvalue weighted by Gasteiger charge is -2.29. The fourth-order valence-electron chi connectivity index (χ4n) is 2.98. The van der Waals surface area contributed by atoms with Crippen molar-refractivity contribution >= 4 is 5.97 Å². The van der Waals surface area contributed by atoms with E-state index >= 15 is 0 Å². The number of hydrogen-bond acceptors (Lipinski definition) is 2. The van der Waals surface area contributed by atoms with E-state index in [4.69, 9.17) is 5.11 Å². The number of nitrogens with zero attached hydrogens (tertiary/aromatic N) is 1. The maximum Gasteiger partial charge on any atom is 0.317 e. The van der Waals surface area contributed by atoms with Gasteiger partial charge in [-0.2, -0.15) is 0 Å². The highest BCUT2D eigenvalue weighted by atomic mass is 16.4. The third-order valence-corrected chi connectivity index (χ3v) is 4.00. The number of hydrogen-bond donors (Lipinski definition) is 1. The fraction of sp³-hybridized carbons (Fsp3) is 0.929. The van der Waals surface area contributed by atoms with Gasteiger partial charge in [0.1, 0.15) is 0 Å². The number of rotatable bonds is 6. The Balaban J connectivity index is 2.51. The molecule has 0 aromatic heterocycles. The Labute approximate surface area is 105 Å². The van der Waals surface area contributed by atoms with E-state index in [1.807, 2.05) is 0 Å². The van der Waals surface area contributed by atoms with Gasteiger partial charge in [-0.05, 0) is 38.1 Å². The molecule has 1 saturated carbocycles. The molecule has 2 unspecified atom stereocenters. The summed E-state index contributed by atoms with van der Waals surface area (Å²) < 4.78 is 0. The molecule has 1 fully saturated rings. The molecule has 0 amide bonds. The summed E-state index contributed by atoms with van der Waals surface area (Å²) >= 11 is 0. The van der Waals surface area contributed by atoms with Crippen molar-refractivity contribution in [2.24, 2.45) is 5.92 Å². The van der Waals surface area contributed by atoms with Crippen LogP contribution in [0.25, 0.3) is 0 Å². The van der Waals surface area contributed by atoms with Crippen molar-refractivity contribution in [1.82, 2.24) is 4.90 Å². The van der Waals surface area contributed by atoms with Crippen LogP contribution in [-0.2, 0) is 4.79 Å². The van der Waals surface area contributed by atoms with Gasteiger partial charge in [0.05, 0.1) is 6.54 Å². The molecular weight excluding hydrogens is 214 g/mol. The normalized spacial score (nSPS) is 25.8. The van der Waals surface area contributed by atoms with Crippen molar-refractivity contribution in [3.63, 3.8) is 0 Å². The lowest BCUT2D eigenvalue weighted by atomic mass is 9.97. The lowest BCUT2D eigenvalue weighted by Crippen LogP contribution is -2.39. The summed E-state index contributed by atoms with van der Waals surface area (Å²) in [7, 11) is 0. The maximum absolute atomic E-state index is 10.9. The zero-order valence-corrected chi connectivity index (χ0v) is 11.3. The van der Waals surface area contributed by atoms with Gasteiger partial charge in [0.2, 0.25) is 0 Å². The quantitative estimate of drug-likeness (QED) is 0.726. The van der Waals surface area contributed by atoms with Gasteiger partial charge in [-0.3, -0.25) is 9.69 Å². The molecule has 1 aliphatic rings. The molecule has 0 saturated heterocycles. The molecule has 0 bridgehead atoms. The average Bonchev–Trinajstić information content (AvgIpc) is 2.53. The van der Waals surface area contributed by atoms with Crippen LogP contribution >= 0.6 is 0 Å². The average molecular weight is 241 g/mol. The Kier molecular flexibility index (Phi) is 6.56. The summed E-state index contributed by atoms with van der Waals surface area (Å²) in [6, 6.07) is 0.502. The molecule has 1 rings (SSSR count). The zero-order chi connectivity index (χ0) is 12.7. The maximum atomic E-state index is 10.9. The highest BCUT2D eigenvalue weighted by Gasteiger charge is 2.23. The van der Waals surface area contributed by atoms with Crippen LogP contribution in [0.2, 0.25) is 0 Å². The van der Waals surface area contributed by atoms with Crippen molar-refractivity contribution in [3.05, 3.63) is 0 Å². The number of aliphatic carboxylic acids is 1. The van der Waals surface area contributed by atoms with E-state index in [0.717, 1.165) is 18.9 Å².